The van der Waals surface area contributed by atoms with Crippen molar-refractivity contribution >= 4 is 46.6 Å². The summed E-state index contributed by atoms with van der Waals surface area (Å²) in [7, 11) is 3.72. The zero-order valence-corrected chi connectivity index (χ0v) is 31.4. The van der Waals surface area contributed by atoms with Crippen LogP contribution in [-0.4, -0.2) is 109 Å². The van der Waals surface area contributed by atoms with Gasteiger partial charge in [-0.25, -0.2) is 4.98 Å². The number of nitrogens with zero attached hydrogens (tertiary/aromatic N) is 6. The summed E-state index contributed by atoms with van der Waals surface area (Å²) in [5, 5.41) is 4.85. The van der Waals surface area contributed by atoms with Gasteiger partial charge in [-0.1, -0.05) is 6.07 Å². The Kier molecular flexibility index (Phi) is 10.7. The lowest BCUT2D eigenvalue weighted by atomic mass is 10.0. The molecule has 4 aromatic rings. The van der Waals surface area contributed by atoms with Gasteiger partial charge in [-0.15, -0.1) is 0 Å². The van der Waals surface area contributed by atoms with E-state index in [9.17, 15) is 37.1 Å². The number of alkyl halides is 3. The third kappa shape index (κ3) is 8.14. The molecule has 14 nitrogen and oxygen atoms in total. The molecule has 2 saturated heterocycles. The molecule has 7 rings (SSSR count). The lowest BCUT2D eigenvalue weighted by molar-refractivity contribution is -0.138. The molecule has 1 atom stereocenters. The quantitative estimate of drug-likeness (QED) is 0.220. The number of nitrogens with one attached hydrogen (secondary N) is 2. The van der Waals surface area contributed by atoms with Crippen LogP contribution in [-0.2, 0) is 15.8 Å². The Morgan fingerprint density at radius 1 is 0.930 bits per heavy atom. The van der Waals surface area contributed by atoms with Crippen LogP contribution in [0.2, 0.25) is 0 Å². The maximum absolute atomic E-state index is 13.3. The first-order valence-electron chi connectivity index (χ1n) is 18.3. The number of aromatic nitrogens is 2. The normalized spacial score (nSPS) is 17.4. The lowest BCUT2D eigenvalue weighted by Crippen LogP contribution is -2.54. The van der Waals surface area contributed by atoms with Crippen molar-refractivity contribution in [2.24, 2.45) is 0 Å². The molecule has 2 N–H and O–H groups in total. The Hall–Kier alpha value is -6.36. The van der Waals surface area contributed by atoms with Crippen molar-refractivity contribution in [3.63, 3.8) is 0 Å². The average Bonchev–Trinajstić information content (AvgIpc) is 3.43. The predicted molar refractivity (Wildman–Crippen MR) is 203 cm³/mol. The average molecular weight is 785 g/mol. The molecule has 0 bridgehead atoms. The van der Waals surface area contributed by atoms with Crippen LogP contribution in [0.4, 0.5) is 30.2 Å². The molecule has 3 aliphatic heterocycles. The zero-order chi connectivity index (χ0) is 40.6. The van der Waals surface area contributed by atoms with Gasteiger partial charge in [0.2, 0.25) is 17.7 Å². The highest BCUT2D eigenvalue weighted by atomic mass is 19.4. The van der Waals surface area contributed by atoms with Crippen LogP contribution >= 0.6 is 0 Å². The number of imide groups is 2. The zero-order valence-electron chi connectivity index (χ0n) is 31.4. The summed E-state index contributed by atoms with van der Waals surface area (Å²) in [6.45, 7) is 5.55. The molecule has 0 saturated carbocycles. The SMILES string of the molecule is Cc1ncc(NC(=O)c2cccc(C(F)(F)F)c2)cc1-c1cnc(OCCN2CCN(c3ccc4c(c3)C(=O)N([C@H]3CCC(=O)NC3=O)C4=O)CC2)c(N(C)C)c1. The van der Waals surface area contributed by atoms with E-state index in [1.807, 2.05) is 25.1 Å². The first-order chi connectivity index (χ1) is 27.2. The number of benzene rings is 2. The third-order valence-electron chi connectivity index (χ3n) is 10.2. The molecule has 2 aromatic heterocycles. The second-order valence-corrected chi connectivity index (χ2v) is 14.2. The molecule has 17 heteroatoms. The number of anilines is 3. The van der Waals surface area contributed by atoms with Crippen molar-refractivity contribution in [1.82, 2.24) is 25.1 Å². The van der Waals surface area contributed by atoms with Crippen LogP contribution in [0.5, 0.6) is 5.88 Å². The van der Waals surface area contributed by atoms with Gasteiger partial charge in [-0.2, -0.15) is 13.2 Å². The summed E-state index contributed by atoms with van der Waals surface area (Å²) in [4.78, 5) is 79.5. The number of piperazine rings is 1. The summed E-state index contributed by atoms with van der Waals surface area (Å²) in [5.74, 6) is -2.43. The van der Waals surface area contributed by atoms with Crippen LogP contribution < -0.4 is 25.2 Å². The van der Waals surface area contributed by atoms with E-state index in [1.54, 1.807) is 37.4 Å². The minimum atomic E-state index is -4.58. The molecular formula is C40H39F3N8O6. The van der Waals surface area contributed by atoms with Gasteiger partial charge in [-0.3, -0.25) is 44.1 Å². The maximum Gasteiger partial charge on any atom is 0.416 e. The van der Waals surface area contributed by atoms with Gasteiger partial charge in [0.1, 0.15) is 12.6 Å². The van der Waals surface area contributed by atoms with E-state index in [0.29, 0.717) is 60.3 Å². The fourth-order valence-electron chi connectivity index (χ4n) is 7.11. The van der Waals surface area contributed by atoms with Gasteiger partial charge in [0, 0.05) is 87.5 Å². The number of fused-ring (bicyclic) bond motifs is 1. The van der Waals surface area contributed by atoms with Crippen molar-refractivity contribution in [1.29, 1.82) is 0 Å². The maximum atomic E-state index is 13.3. The van der Waals surface area contributed by atoms with E-state index in [-0.39, 0.29) is 29.5 Å². The highest BCUT2D eigenvalue weighted by Gasteiger charge is 2.45. The van der Waals surface area contributed by atoms with E-state index >= 15 is 0 Å². The Morgan fingerprint density at radius 2 is 1.68 bits per heavy atom. The molecule has 5 amide bonds. The molecule has 2 aromatic carbocycles. The highest BCUT2D eigenvalue weighted by molar-refractivity contribution is 6.23. The van der Waals surface area contributed by atoms with E-state index in [4.69, 9.17) is 4.74 Å². The smallest absolute Gasteiger partial charge is 0.416 e. The van der Waals surface area contributed by atoms with Gasteiger partial charge < -0.3 is 19.9 Å². The number of hydrogen-bond acceptors (Lipinski definition) is 11. The van der Waals surface area contributed by atoms with Gasteiger partial charge in [0.25, 0.3) is 17.7 Å². The van der Waals surface area contributed by atoms with Crippen LogP contribution in [0.1, 0.15) is 55.2 Å². The number of carbonyl (C=O) groups is 5. The number of pyridine rings is 2. The fraction of sp³-hybridized carbons (Fsp3) is 0.325. The van der Waals surface area contributed by atoms with Crippen molar-refractivity contribution in [2.45, 2.75) is 32.0 Å². The molecule has 2 fully saturated rings. The Bertz CT molecular complexity index is 2270. The van der Waals surface area contributed by atoms with Gasteiger partial charge in [0.15, 0.2) is 0 Å². The number of rotatable bonds is 10. The summed E-state index contributed by atoms with van der Waals surface area (Å²) in [6.07, 6.45) is -1.34. The van der Waals surface area contributed by atoms with Crippen LogP contribution in [0.3, 0.4) is 0 Å². The first kappa shape index (κ1) is 38.9. The predicted octanol–water partition coefficient (Wildman–Crippen LogP) is 4.39. The number of ether oxygens (including phenoxy) is 1. The molecule has 57 heavy (non-hydrogen) atoms. The van der Waals surface area contributed by atoms with Crippen molar-refractivity contribution in [2.75, 3.05) is 68.5 Å². The summed E-state index contributed by atoms with van der Waals surface area (Å²) in [5.41, 5.74) is 3.26. The van der Waals surface area contributed by atoms with Crippen molar-refractivity contribution < 1.29 is 41.9 Å². The number of hydrogen-bond donors (Lipinski definition) is 2. The first-order valence-corrected chi connectivity index (χ1v) is 18.3. The van der Waals surface area contributed by atoms with Gasteiger partial charge in [-0.05, 0) is 61.9 Å². The number of piperidine rings is 1. The van der Waals surface area contributed by atoms with E-state index < -0.39 is 47.3 Å². The second-order valence-electron chi connectivity index (χ2n) is 14.2. The van der Waals surface area contributed by atoms with Crippen molar-refractivity contribution in [3.05, 3.63) is 94.9 Å². The third-order valence-corrected chi connectivity index (χ3v) is 10.2. The second kappa shape index (κ2) is 15.6. The van der Waals surface area contributed by atoms with Crippen LogP contribution in [0.15, 0.2) is 67.0 Å². The Morgan fingerprint density at radius 3 is 2.40 bits per heavy atom. The number of carbonyl (C=O) groups excluding carboxylic acids is 5. The largest absolute Gasteiger partial charge is 0.475 e. The molecule has 296 valence electrons. The number of amides is 5. The topological polar surface area (TPSA) is 157 Å². The van der Waals surface area contributed by atoms with E-state index in [0.717, 1.165) is 35.8 Å². The highest BCUT2D eigenvalue weighted by Crippen LogP contribution is 2.34. The van der Waals surface area contributed by atoms with E-state index in [1.165, 1.54) is 18.3 Å². The summed E-state index contributed by atoms with van der Waals surface area (Å²) < 4.78 is 45.8. The van der Waals surface area contributed by atoms with Crippen molar-refractivity contribution in [3.8, 4) is 17.0 Å². The molecule has 0 aliphatic carbocycles. The number of aryl methyl sites for hydroxylation is 1. The monoisotopic (exact) mass is 784 g/mol. The lowest BCUT2D eigenvalue weighted by Gasteiger charge is -2.36. The molecule has 3 aliphatic rings. The van der Waals surface area contributed by atoms with E-state index in [2.05, 4.69) is 30.4 Å². The Balaban J connectivity index is 0.948. The molecule has 0 radical (unpaired) electrons. The van der Waals surface area contributed by atoms with Gasteiger partial charge >= 0.3 is 6.18 Å². The Labute approximate surface area is 325 Å². The molecule has 5 heterocycles. The van der Waals surface area contributed by atoms with Gasteiger partial charge in [0.05, 0.1) is 34.3 Å². The molecular weight excluding hydrogens is 745 g/mol. The van der Waals surface area contributed by atoms with Crippen LogP contribution in [0, 0.1) is 6.92 Å². The minimum Gasteiger partial charge on any atom is -0.475 e. The van der Waals surface area contributed by atoms with Crippen LogP contribution in [0.25, 0.3) is 11.1 Å². The molecule has 0 spiro atoms. The summed E-state index contributed by atoms with van der Waals surface area (Å²) in [6, 6.07) is 11.9. The fourth-order valence-corrected chi connectivity index (χ4v) is 7.11. The molecule has 0 unspecified atom stereocenters. The minimum absolute atomic E-state index is 0.0567. The number of halogens is 3. The summed E-state index contributed by atoms with van der Waals surface area (Å²) >= 11 is 0. The standard InChI is InChI=1S/C40H39F3N8O6/c1-23-30(19-27(22-44-23)46-35(53)24-5-4-6-26(17-24)40(41,42)43)25-18-33(48(2)3)37(45-21-25)57-16-15-49-11-13-50(14-12-49)28-7-8-29-31(20-28)39(56)51(38(29)55)32-9-10-34(52)47-36(32)54/h4-8,17-22,32H,9-16H2,1-3H3,(H,46,53)(H,47,52,54)/t32-/m0/s1.